The summed E-state index contributed by atoms with van der Waals surface area (Å²) in [5.41, 5.74) is 1.04. The molecule has 0 bridgehead atoms. The Morgan fingerprint density at radius 1 is 1.08 bits per heavy atom. The highest BCUT2D eigenvalue weighted by Crippen LogP contribution is 2.28. The van der Waals surface area contributed by atoms with Gasteiger partial charge < -0.3 is 15.2 Å². The second-order valence-corrected chi connectivity index (χ2v) is 6.87. The van der Waals surface area contributed by atoms with Crippen molar-refractivity contribution in [1.29, 1.82) is 0 Å². The van der Waals surface area contributed by atoms with Crippen molar-refractivity contribution in [3.8, 4) is 5.75 Å². The van der Waals surface area contributed by atoms with E-state index in [1.807, 2.05) is 24.3 Å². The number of fused-ring (bicyclic) bond motifs is 1. The maximum absolute atomic E-state index is 12.7. The highest BCUT2D eigenvalue weighted by molar-refractivity contribution is 5.81. The lowest BCUT2D eigenvalue weighted by atomic mass is 9.86. The van der Waals surface area contributed by atoms with Gasteiger partial charge in [0.25, 0.3) is 0 Å². The van der Waals surface area contributed by atoms with Crippen molar-refractivity contribution in [2.75, 3.05) is 6.61 Å². The van der Waals surface area contributed by atoms with Gasteiger partial charge in [0, 0.05) is 6.04 Å². The summed E-state index contributed by atoms with van der Waals surface area (Å²) in [5.74, 6) is -0.768. The fourth-order valence-electron chi connectivity index (χ4n) is 3.75. The number of aliphatic carboxylic acids is 1. The predicted molar refractivity (Wildman–Crippen MR) is 89.9 cm³/mol. The molecular weight excluding hydrogens is 306 g/mol. The first-order valence-corrected chi connectivity index (χ1v) is 8.89. The molecule has 0 saturated heterocycles. The van der Waals surface area contributed by atoms with Crippen molar-refractivity contribution in [2.45, 2.75) is 51.0 Å². The van der Waals surface area contributed by atoms with E-state index in [1.165, 1.54) is 0 Å². The smallest absolute Gasteiger partial charge is 0.308 e. The third-order valence-electron chi connectivity index (χ3n) is 5.16. The van der Waals surface area contributed by atoms with Crippen molar-refractivity contribution in [2.24, 2.45) is 11.8 Å². The molecule has 3 atom stereocenters. The van der Waals surface area contributed by atoms with E-state index >= 15 is 0 Å². The van der Waals surface area contributed by atoms with Crippen LogP contribution in [0.2, 0.25) is 0 Å². The molecule has 0 radical (unpaired) electrons. The first-order valence-electron chi connectivity index (χ1n) is 8.89. The van der Waals surface area contributed by atoms with Gasteiger partial charge in [-0.2, -0.15) is 0 Å². The summed E-state index contributed by atoms with van der Waals surface area (Å²) in [6.07, 6.45) is 6.11. The van der Waals surface area contributed by atoms with Crippen molar-refractivity contribution in [3.05, 3.63) is 29.8 Å². The molecule has 5 nitrogen and oxygen atoms in total. The molecule has 5 heteroatoms. The number of carboxylic acids is 1. The standard InChI is InChI=1S/C19H25NO4/c21-18(14-11-13-7-5-6-10-17(13)24-12-14)20-16-9-4-2-1-3-8-15(16)19(22)23/h5-7,10,14-16H,1-4,8-9,11-12H2,(H,20,21)(H,22,23). The number of carboxylic acid groups (broad SMARTS) is 1. The maximum Gasteiger partial charge on any atom is 0.308 e. The van der Waals surface area contributed by atoms with Crippen LogP contribution in [0.3, 0.4) is 0 Å². The number of hydrogen-bond acceptors (Lipinski definition) is 3. The van der Waals surface area contributed by atoms with Crippen LogP contribution in [-0.4, -0.2) is 29.6 Å². The van der Waals surface area contributed by atoms with Crippen molar-refractivity contribution in [1.82, 2.24) is 5.32 Å². The van der Waals surface area contributed by atoms with Gasteiger partial charge in [-0.15, -0.1) is 0 Å². The molecule has 1 saturated carbocycles. The number of ether oxygens (including phenoxy) is 1. The van der Waals surface area contributed by atoms with E-state index in [0.717, 1.165) is 43.4 Å². The number of rotatable bonds is 3. The third kappa shape index (κ3) is 3.89. The first kappa shape index (κ1) is 16.8. The molecule has 2 N–H and O–H groups in total. The zero-order valence-corrected chi connectivity index (χ0v) is 13.9. The number of nitrogens with one attached hydrogen (secondary N) is 1. The Kier molecular flexibility index (Phi) is 5.38. The van der Waals surface area contributed by atoms with Crippen molar-refractivity contribution < 1.29 is 19.4 Å². The fourth-order valence-corrected chi connectivity index (χ4v) is 3.75. The second-order valence-electron chi connectivity index (χ2n) is 6.87. The largest absolute Gasteiger partial charge is 0.492 e. The van der Waals surface area contributed by atoms with Crippen LogP contribution in [0.5, 0.6) is 5.75 Å². The summed E-state index contributed by atoms with van der Waals surface area (Å²) >= 11 is 0. The van der Waals surface area contributed by atoms with Gasteiger partial charge in [0.05, 0.1) is 11.8 Å². The van der Waals surface area contributed by atoms with Crippen LogP contribution in [0.15, 0.2) is 24.3 Å². The van der Waals surface area contributed by atoms with Crippen LogP contribution >= 0.6 is 0 Å². The van der Waals surface area contributed by atoms with E-state index in [2.05, 4.69) is 5.32 Å². The molecule has 1 aromatic rings. The van der Waals surface area contributed by atoms with Gasteiger partial charge in [-0.3, -0.25) is 9.59 Å². The molecule has 3 rings (SSSR count). The van der Waals surface area contributed by atoms with Gasteiger partial charge in [0.2, 0.25) is 5.91 Å². The van der Waals surface area contributed by atoms with E-state index in [0.29, 0.717) is 19.4 Å². The second kappa shape index (κ2) is 7.69. The van der Waals surface area contributed by atoms with Gasteiger partial charge in [0.1, 0.15) is 12.4 Å². The maximum atomic E-state index is 12.7. The lowest BCUT2D eigenvalue weighted by Gasteiger charge is -2.30. The summed E-state index contributed by atoms with van der Waals surface area (Å²) in [5, 5.41) is 12.5. The molecule has 1 aliphatic carbocycles. The van der Waals surface area contributed by atoms with E-state index in [9.17, 15) is 14.7 Å². The van der Waals surface area contributed by atoms with Gasteiger partial charge in [-0.1, -0.05) is 43.9 Å². The van der Waals surface area contributed by atoms with E-state index in [4.69, 9.17) is 4.74 Å². The van der Waals surface area contributed by atoms with Crippen LogP contribution in [0, 0.1) is 11.8 Å². The van der Waals surface area contributed by atoms with E-state index in [-0.39, 0.29) is 17.9 Å². The number of para-hydroxylation sites is 1. The average molecular weight is 331 g/mol. The average Bonchev–Trinajstić information content (AvgIpc) is 2.56. The highest BCUT2D eigenvalue weighted by atomic mass is 16.5. The SMILES string of the molecule is O=C(NC1CCCCCCC1C(=O)O)C1COc2ccccc2C1. The van der Waals surface area contributed by atoms with Crippen LogP contribution in [0.25, 0.3) is 0 Å². The molecular formula is C19H25NO4. The van der Waals surface area contributed by atoms with Gasteiger partial charge in [-0.05, 0) is 30.9 Å². The Labute approximate surface area is 142 Å². The topological polar surface area (TPSA) is 75.6 Å². The molecule has 24 heavy (non-hydrogen) atoms. The number of benzene rings is 1. The minimum Gasteiger partial charge on any atom is -0.492 e. The minimum absolute atomic E-state index is 0.0821. The number of carbonyl (C=O) groups excluding carboxylic acids is 1. The lowest BCUT2D eigenvalue weighted by Crippen LogP contribution is -2.48. The molecule has 1 amide bonds. The zero-order valence-electron chi connectivity index (χ0n) is 13.9. The normalized spacial score (nSPS) is 27.1. The summed E-state index contributed by atoms with van der Waals surface area (Å²) in [7, 11) is 0. The van der Waals surface area contributed by atoms with Crippen molar-refractivity contribution in [3.63, 3.8) is 0 Å². The predicted octanol–water partition coefficient (Wildman–Crippen LogP) is 2.78. The molecule has 0 spiro atoms. The zero-order chi connectivity index (χ0) is 16.9. The Morgan fingerprint density at radius 2 is 1.83 bits per heavy atom. The highest BCUT2D eigenvalue weighted by Gasteiger charge is 2.33. The molecule has 3 unspecified atom stereocenters. The fraction of sp³-hybridized carbons (Fsp3) is 0.579. The number of hydrogen-bond donors (Lipinski definition) is 2. The molecule has 1 heterocycles. The van der Waals surface area contributed by atoms with Gasteiger partial charge in [-0.25, -0.2) is 0 Å². The van der Waals surface area contributed by atoms with Crippen LogP contribution in [0.4, 0.5) is 0 Å². The summed E-state index contributed by atoms with van der Waals surface area (Å²) in [4.78, 5) is 24.2. The molecule has 0 aromatic heterocycles. The number of carbonyl (C=O) groups is 2. The number of amides is 1. The minimum atomic E-state index is -0.799. The third-order valence-corrected chi connectivity index (χ3v) is 5.16. The molecule has 1 aliphatic heterocycles. The molecule has 1 aromatic carbocycles. The Bertz CT molecular complexity index is 601. The summed E-state index contributed by atoms with van der Waals surface area (Å²) in [6, 6.07) is 7.49. The Balaban J connectivity index is 1.65. The van der Waals surface area contributed by atoms with Crippen LogP contribution in [-0.2, 0) is 16.0 Å². The first-order chi connectivity index (χ1) is 11.6. The monoisotopic (exact) mass is 331 g/mol. The van der Waals surface area contributed by atoms with Crippen LogP contribution < -0.4 is 10.1 Å². The van der Waals surface area contributed by atoms with Crippen LogP contribution in [0.1, 0.15) is 44.1 Å². The van der Waals surface area contributed by atoms with E-state index in [1.54, 1.807) is 0 Å². The quantitative estimate of drug-likeness (QED) is 0.893. The lowest BCUT2D eigenvalue weighted by molar-refractivity contribution is -0.143. The Morgan fingerprint density at radius 3 is 2.62 bits per heavy atom. The van der Waals surface area contributed by atoms with E-state index < -0.39 is 11.9 Å². The van der Waals surface area contributed by atoms with Gasteiger partial charge >= 0.3 is 5.97 Å². The summed E-state index contributed by atoms with van der Waals surface area (Å²) < 4.78 is 5.69. The Hall–Kier alpha value is -2.04. The molecule has 2 aliphatic rings. The summed E-state index contributed by atoms with van der Waals surface area (Å²) in [6.45, 7) is 0.354. The molecule has 130 valence electrons. The van der Waals surface area contributed by atoms with Gasteiger partial charge in [0.15, 0.2) is 0 Å². The van der Waals surface area contributed by atoms with Crippen molar-refractivity contribution >= 4 is 11.9 Å². The molecule has 1 fully saturated rings.